The number of carbonyl (C=O) groups is 1. The standard InChI is InChI=1S/C17H21N3O/c1-14-7-5-10-16(13-14)20(12-6-11-18)17(21)19-15-8-3-2-4-9-15/h2-5,7-10,13H,6,11-12,18H2,1H3,(H,19,21). The summed E-state index contributed by atoms with van der Waals surface area (Å²) in [6, 6.07) is 17.2. The van der Waals surface area contributed by atoms with Gasteiger partial charge >= 0.3 is 6.03 Å². The number of rotatable bonds is 5. The zero-order valence-electron chi connectivity index (χ0n) is 12.3. The highest BCUT2D eigenvalue weighted by molar-refractivity contribution is 6.01. The van der Waals surface area contributed by atoms with E-state index >= 15 is 0 Å². The van der Waals surface area contributed by atoms with Crippen LogP contribution in [0.5, 0.6) is 0 Å². The van der Waals surface area contributed by atoms with E-state index < -0.39 is 0 Å². The van der Waals surface area contributed by atoms with Gasteiger partial charge in [0.2, 0.25) is 0 Å². The fourth-order valence-electron chi connectivity index (χ4n) is 2.11. The van der Waals surface area contributed by atoms with Crippen molar-refractivity contribution in [2.24, 2.45) is 5.73 Å². The van der Waals surface area contributed by atoms with Crippen LogP contribution in [-0.2, 0) is 0 Å². The second-order valence-electron chi connectivity index (χ2n) is 4.93. The summed E-state index contributed by atoms with van der Waals surface area (Å²) in [5.74, 6) is 0. The molecule has 0 aliphatic heterocycles. The van der Waals surface area contributed by atoms with Crippen LogP contribution in [0.4, 0.5) is 16.2 Å². The summed E-state index contributed by atoms with van der Waals surface area (Å²) in [6.45, 7) is 3.17. The van der Waals surface area contributed by atoms with Crippen LogP contribution in [0.2, 0.25) is 0 Å². The molecule has 0 fully saturated rings. The third kappa shape index (κ3) is 4.33. The topological polar surface area (TPSA) is 58.4 Å². The Morgan fingerprint density at radius 3 is 2.57 bits per heavy atom. The van der Waals surface area contributed by atoms with E-state index in [9.17, 15) is 4.79 Å². The number of carbonyl (C=O) groups excluding carboxylic acids is 1. The lowest BCUT2D eigenvalue weighted by molar-refractivity contribution is 0.257. The maximum absolute atomic E-state index is 12.5. The molecule has 2 aromatic carbocycles. The highest BCUT2D eigenvalue weighted by Crippen LogP contribution is 2.18. The van der Waals surface area contributed by atoms with Crippen molar-refractivity contribution in [1.82, 2.24) is 0 Å². The zero-order chi connectivity index (χ0) is 15.1. The molecule has 21 heavy (non-hydrogen) atoms. The lowest BCUT2D eigenvalue weighted by atomic mass is 10.2. The molecule has 0 aromatic heterocycles. The van der Waals surface area contributed by atoms with Crippen molar-refractivity contribution in [3.05, 3.63) is 60.2 Å². The van der Waals surface area contributed by atoms with Crippen molar-refractivity contribution in [2.45, 2.75) is 13.3 Å². The van der Waals surface area contributed by atoms with E-state index in [0.29, 0.717) is 13.1 Å². The molecule has 3 N–H and O–H groups in total. The van der Waals surface area contributed by atoms with Gasteiger partial charge in [-0.3, -0.25) is 4.90 Å². The summed E-state index contributed by atoms with van der Waals surface area (Å²) in [5, 5.41) is 2.92. The molecule has 0 aliphatic rings. The normalized spacial score (nSPS) is 10.2. The fourth-order valence-corrected chi connectivity index (χ4v) is 2.11. The van der Waals surface area contributed by atoms with Gasteiger partial charge in [0.25, 0.3) is 0 Å². The molecule has 4 nitrogen and oxygen atoms in total. The Hall–Kier alpha value is -2.33. The van der Waals surface area contributed by atoms with Gasteiger partial charge in [-0.05, 0) is 49.7 Å². The van der Waals surface area contributed by atoms with Gasteiger partial charge in [0.15, 0.2) is 0 Å². The number of nitrogens with two attached hydrogens (primary N) is 1. The molecule has 4 heteroatoms. The lowest BCUT2D eigenvalue weighted by Gasteiger charge is -2.23. The molecule has 2 aromatic rings. The summed E-state index contributed by atoms with van der Waals surface area (Å²) in [4.78, 5) is 14.2. The minimum Gasteiger partial charge on any atom is -0.330 e. The Labute approximate surface area is 125 Å². The summed E-state index contributed by atoms with van der Waals surface area (Å²) in [7, 11) is 0. The first-order valence-corrected chi connectivity index (χ1v) is 7.11. The molecule has 0 spiro atoms. The van der Waals surface area contributed by atoms with E-state index in [1.54, 1.807) is 4.90 Å². The van der Waals surface area contributed by atoms with Crippen molar-refractivity contribution >= 4 is 17.4 Å². The molecular formula is C17H21N3O. The van der Waals surface area contributed by atoms with Crippen molar-refractivity contribution in [3.8, 4) is 0 Å². The lowest BCUT2D eigenvalue weighted by Crippen LogP contribution is -2.36. The van der Waals surface area contributed by atoms with Crippen molar-refractivity contribution < 1.29 is 4.79 Å². The highest BCUT2D eigenvalue weighted by Gasteiger charge is 2.15. The molecule has 0 unspecified atom stereocenters. The highest BCUT2D eigenvalue weighted by atomic mass is 16.2. The number of para-hydroxylation sites is 1. The van der Waals surface area contributed by atoms with Crippen molar-refractivity contribution in [1.29, 1.82) is 0 Å². The van der Waals surface area contributed by atoms with Crippen LogP contribution in [0.15, 0.2) is 54.6 Å². The molecule has 0 radical (unpaired) electrons. The Kier molecular flexibility index (Phi) is 5.35. The van der Waals surface area contributed by atoms with Crippen LogP contribution in [-0.4, -0.2) is 19.1 Å². The van der Waals surface area contributed by atoms with Gasteiger partial charge in [-0.25, -0.2) is 4.79 Å². The SMILES string of the molecule is Cc1cccc(N(CCCN)C(=O)Nc2ccccc2)c1. The first-order chi connectivity index (χ1) is 10.2. The summed E-state index contributed by atoms with van der Waals surface area (Å²) in [6.07, 6.45) is 0.760. The number of amides is 2. The fraction of sp³-hybridized carbons (Fsp3) is 0.235. The van der Waals surface area contributed by atoms with E-state index in [1.807, 2.05) is 61.5 Å². The Balaban J connectivity index is 2.17. The van der Waals surface area contributed by atoms with E-state index in [1.165, 1.54) is 0 Å². The molecule has 2 amide bonds. The van der Waals surface area contributed by atoms with Gasteiger partial charge in [-0.15, -0.1) is 0 Å². The van der Waals surface area contributed by atoms with E-state index in [4.69, 9.17) is 5.73 Å². The molecule has 0 atom stereocenters. The maximum atomic E-state index is 12.5. The Morgan fingerprint density at radius 2 is 1.90 bits per heavy atom. The van der Waals surface area contributed by atoms with Crippen molar-refractivity contribution in [3.63, 3.8) is 0 Å². The number of urea groups is 1. The third-order valence-corrected chi connectivity index (χ3v) is 3.17. The molecule has 0 bridgehead atoms. The predicted molar refractivity (Wildman–Crippen MR) is 87.7 cm³/mol. The average molecular weight is 283 g/mol. The molecule has 0 saturated carbocycles. The third-order valence-electron chi connectivity index (χ3n) is 3.17. The van der Waals surface area contributed by atoms with Crippen LogP contribution in [0.3, 0.4) is 0 Å². The number of benzene rings is 2. The van der Waals surface area contributed by atoms with E-state index in [2.05, 4.69) is 5.32 Å². The summed E-state index contributed by atoms with van der Waals surface area (Å²) >= 11 is 0. The molecule has 0 heterocycles. The van der Waals surface area contributed by atoms with Crippen molar-refractivity contribution in [2.75, 3.05) is 23.3 Å². The molecule has 110 valence electrons. The van der Waals surface area contributed by atoms with Crippen LogP contribution in [0.1, 0.15) is 12.0 Å². The van der Waals surface area contributed by atoms with Gasteiger partial charge < -0.3 is 11.1 Å². The minimum absolute atomic E-state index is 0.139. The Bertz CT molecular complexity index is 584. The number of hydrogen-bond acceptors (Lipinski definition) is 2. The van der Waals surface area contributed by atoms with Gasteiger partial charge in [-0.2, -0.15) is 0 Å². The van der Waals surface area contributed by atoms with Gasteiger partial charge in [-0.1, -0.05) is 30.3 Å². The van der Waals surface area contributed by atoms with Crippen LogP contribution in [0, 0.1) is 6.92 Å². The van der Waals surface area contributed by atoms with E-state index in [-0.39, 0.29) is 6.03 Å². The zero-order valence-corrected chi connectivity index (χ0v) is 12.3. The Morgan fingerprint density at radius 1 is 1.14 bits per heavy atom. The number of nitrogens with zero attached hydrogens (tertiary/aromatic N) is 1. The predicted octanol–water partition coefficient (Wildman–Crippen LogP) is 3.38. The van der Waals surface area contributed by atoms with Gasteiger partial charge in [0.1, 0.15) is 0 Å². The molecule has 0 aliphatic carbocycles. The quantitative estimate of drug-likeness (QED) is 0.883. The number of anilines is 2. The summed E-state index contributed by atoms with van der Waals surface area (Å²) < 4.78 is 0. The van der Waals surface area contributed by atoms with Crippen LogP contribution in [0.25, 0.3) is 0 Å². The second-order valence-corrected chi connectivity index (χ2v) is 4.93. The van der Waals surface area contributed by atoms with Gasteiger partial charge in [0.05, 0.1) is 0 Å². The smallest absolute Gasteiger partial charge is 0.326 e. The maximum Gasteiger partial charge on any atom is 0.326 e. The largest absolute Gasteiger partial charge is 0.330 e. The van der Waals surface area contributed by atoms with Gasteiger partial charge in [0, 0.05) is 17.9 Å². The molecule has 2 rings (SSSR count). The second kappa shape index (κ2) is 7.45. The average Bonchev–Trinajstić information content (AvgIpc) is 2.49. The van der Waals surface area contributed by atoms with Crippen LogP contribution >= 0.6 is 0 Å². The first kappa shape index (κ1) is 15.1. The first-order valence-electron chi connectivity index (χ1n) is 7.11. The monoisotopic (exact) mass is 283 g/mol. The van der Waals surface area contributed by atoms with Crippen LogP contribution < -0.4 is 16.0 Å². The molecular weight excluding hydrogens is 262 g/mol. The van der Waals surface area contributed by atoms with E-state index in [0.717, 1.165) is 23.4 Å². The molecule has 0 saturated heterocycles. The number of aryl methyl sites for hydroxylation is 1. The number of nitrogens with one attached hydrogen (secondary N) is 1. The summed E-state index contributed by atoms with van der Waals surface area (Å²) in [5.41, 5.74) is 8.37. The number of hydrogen-bond donors (Lipinski definition) is 2. The minimum atomic E-state index is -0.139.